The van der Waals surface area contributed by atoms with Gasteiger partial charge >= 0.3 is 5.97 Å². The van der Waals surface area contributed by atoms with Crippen LogP contribution in [0.5, 0.6) is 0 Å². The highest BCUT2D eigenvalue weighted by Crippen LogP contribution is 2.28. The van der Waals surface area contributed by atoms with Crippen molar-refractivity contribution < 1.29 is 14.3 Å². The van der Waals surface area contributed by atoms with E-state index < -0.39 is 17.5 Å². The number of ether oxygens (including phenoxy) is 1. The van der Waals surface area contributed by atoms with Gasteiger partial charge in [-0.15, -0.1) is 0 Å². The molecule has 2 heterocycles. The summed E-state index contributed by atoms with van der Waals surface area (Å²) in [6, 6.07) is 8.94. The monoisotopic (exact) mass is 326 g/mol. The van der Waals surface area contributed by atoms with Crippen LogP contribution in [0.25, 0.3) is 0 Å². The standard InChI is InChI=1S/C17H18N4O3/c1-10-8-11(2)19-16(18-10)21-20-15(23)17(3)9-12-6-4-5-7-13(12)14(22)24-17/h4-8H,9H2,1-3H3,(H,20,23)(H,18,19,21). The van der Waals surface area contributed by atoms with Crippen LogP contribution >= 0.6 is 0 Å². The zero-order valence-corrected chi connectivity index (χ0v) is 13.7. The van der Waals surface area contributed by atoms with E-state index in [1.54, 1.807) is 19.1 Å². The molecule has 124 valence electrons. The number of rotatable bonds is 3. The summed E-state index contributed by atoms with van der Waals surface area (Å²) in [5.74, 6) is -0.683. The molecule has 0 fully saturated rings. The van der Waals surface area contributed by atoms with Crippen LogP contribution in [0.2, 0.25) is 0 Å². The number of cyclic esters (lactones) is 1. The highest BCUT2D eigenvalue weighted by Gasteiger charge is 2.42. The minimum absolute atomic E-state index is 0.284. The van der Waals surface area contributed by atoms with Crippen LogP contribution < -0.4 is 10.9 Å². The number of amides is 1. The first-order valence-corrected chi connectivity index (χ1v) is 7.57. The molecule has 0 spiro atoms. The molecule has 7 heteroatoms. The Morgan fingerprint density at radius 2 is 1.88 bits per heavy atom. The van der Waals surface area contributed by atoms with Gasteiger partial charge in [0, 0.05) is 17.8 Å². The van der Waals surface area contributed by atoms with Crippen LogP contribution in [0.1, 0.15) is 34.2 Å². The molecule has 1 amide bonds. The molecule has 0 bridgehead atoms. The number of carbonyl (C=O) groups is 2. The zero-order chi connectivity index (χ0) is 17.3. The van der Waals surface area contributed by atoms with Gasteiger partial charge in [0.2, 0.25) is 5.95 Å². The number of fused-ring (bicyclic) bond motifs is 1. The Balaban J connectivity index is 1.74. The minimum atomic E-state index is -1.29. The van der Waals surface area contributed by atoms with Crippen LogP contribution in [-0.4, -0.2) is 27.4 Å². The Kier molecular flexibility index (Phi) is 3.92. The van der Waals surface area contributed by atoms with Crippen molar-refractivity contribution in [2.45, 2.75) is 32.8 Å². The quantitative estimate of drug-likeness (QED) is 0.659. The second kappa shape index (κ2) is 5.92. The molecule has 24 heavy (non-hydrogen) atoms. The third-order valence-electron chi connectivity index (χ3n) is 3.83. The summed E-state index contributed by atoms with van der Waals surface area (Å²) >= 11 is 0. The fourth-order valence-electron chi connectivity index (χ4n) is 2.69. The van der Waals surface area contributed by atoms with Crippen molar-refractivity contribution >= 4 is 17.8 Å². The van der Waals surface area contributed by atoms with Gasteiger partial charge in [-0.05, 0) is 38.5 Å². The number of nitrogens with one attached hydrogen (secondary N) is 2. The molecule has 0 radical (unpaired) electrons. The van der Waals surface area contributed by atoms with E-state index in [-0.39, 0.29) is 5.95 Å². The lowest BCUT2D eigenvalue weighted by Crippen LogP contribution is -2.53. The normalized spacial score (nSPS) is 19.2. The Bertz CT molecular complexity index is 801. The third kappa shape index (κ3) is 3.05. The highest BCUT2D eigenvalue weighted by atomic mass is 16.6. The van der Waals surface area contributed by atoms with Gasteiger partial charge in [-0.3, -0.25) is 15.6 Å². The van der Waals surface area contributed by atoms with E-state index in [1.807, 2.05) is 32.0 Å². The van der Waals surface area contributed by atoms with Crippen molar-refractivity contribution in [3.05, 3.63) is 52.8 Å². The van der Waals surface area contributed by atoms with Crippen LogP contribution in [0.15, 0.2) is 30.3 Å². The molecule has 0 saturated carbocycles. The van der Waals surface area contributed by atoms with Gasteiger partial charge in [0.15, 0.2) is 5.60 Å². The lowest BCUT2D eigenvalue weighted by atomic mass is 9.89. The topological polar surface area (TPSA) is 93.2 Å². The van der Waals surface area contributed by atoms with Gasteiger partial charge in [-0.2, -0.15) is 0 Å². The number of aryl methyl sites for hydroxylation is 2. The molecule has 1 aliphatic heterocycles. The molecular weight excluding hydrogens is 308 g/mol. The van der Waals surface area contributed by atoms with E-state index in [2.05, 4.69) is 20.8 Å². The van der Waals surface area contributed by atoms with Crippen LogP contribution in [0.3, 0.4) is 0 Å². The second-order valence-electron chi connectivity index (χ2n) is 6.01. The first kappa shape index (κ1) is 15.9. The Hall–Kier alpha value is -2.96. The van der Waals surface area contributed by atoms with E-state index in [0.29, 0.717) is 12.0 Å². The van der Waals surface area contributed by atoms with Crippen molar-refractivity contribution in [2.75, 3.05) is 5.43 Å². The summed E-state index contributed by atoms with van der Waals surface area (Å²) in [5.41, 5.74) is 6.75. The van der Waals surface area contributed by atoms with Gasteiger partial charge < -0.3 is 4.74 Å². The fourth-order valence-corrected chi connectivity index (χ4v) is 2.69. The van der Waals surface area contributed by atoms with Crippen molar-refractivity contribution in [3.8, 4) is 0 Å². The summed E-state index contributed by atoms with van der Waals surface area (Å²) in [5, 5.41) is 0. The van der Waals surface area contributed by atoms with Gasteiger partial charge in [0.1, 0.15) is 0 Å². The Morgan fingerprint density at radius 3 is 2.58 bits per heavy atom. The summed E-state index contributed by atoms with van der Waals surface area (Å²) in [7, 11) is 0. The number of benzene rings is 1. The number of carbonyl (C=O) groups excluding carboxylic acids is 2. The largest absolute Gasteiger partial charge is 0.445 e. The predicted octanol–water partition coefficient (Wildman–Crippen LogP) is 1.71. The van der Waals surface area contributed by atoms with Crippen LogP contribution in [0, 0.1) is 13.8 Å². The number of esters is 1. The molecule has 1 aliphatic rings. The van der Waals surface area contributed by atoms with E-state index >= 15 is 0 Å². The fraction of sp³-hybridized carbons (Fsp3) is 0.294. The van der Waals surface area contributed by atoms with Crippen molar-refractivity contribution in [3.63, 3.8) is 0 Å². The van der Waals surface area contributed by atoms with Gasteiger partial charge in [0.25, 0.3) is 5.91 Å². The number of nitrogens with zero attached hydrogens (tertiary/aromatic N) is 2. The maximum atomic E-state index is 12.5. The summed E-state index contributed by atoms with van der Waals surface area (Å²) in [4.78, 5) is 33.0. The first-order valence-electron chi connectivity index (χ1n) is 7.57. The first-order chi connectivity index (χ1) is 11.4. The summed E-state index contributed by atoms with van der Waals surface area (Å²) in [6.07, 6.45) is 0.302. The molecule has 1 aromatic carbocycles. The van der Waals surface area contributed by atoms with Gasteiger partial charge in [-0.1, -0.05) is 18.2 Å². The second-order valence-corrected chi connectivity index (χ2v) is 6.01. The molecule has 3 rings (SSSR count). The number of aromatic nitrogens is 2. The van der Waals surface area contributed by atoms with E-state index in [4.69, 9.17) is 4.74 Å². The predicted molar refractivity (Wildman–Crippen MR) is 87.2 cm³/mol. The van der Waals surface area contributed by atoms with E-state index in [0.717, 1.165) is 17.0 Å². The third-order valence-corrected chi connectivity index (χ3v) is 3.83. The molecule has 0 saturated heterocycles. The smallest absolute Gasteiger partial charge is 0.339 e. The number of hydrogen-bond acceptors (Lipinski definition) is 6. The van der Waals surface area contributed by atoms with Crippen LogP contribution in [0.4, 0.5) is 5.95 Å². The molecule has 2 N–H and O–H groups in total. The summed E-state index contributed by atoms with van der Waals surface area (Å²) < 4.78 is 5.37. The van der Waals surface area contributed by atoms with Gasteiger partial charge in [0.05, 0.1) is 5.56 Å². The van der Waals surface area contributed by atoms with Gasteiger partial charge in [-0.25, -0.2) is 14.8 Å². The highest BCUT2D eigenvalue weighted by molar-refractivity contribution is 5.97. The molecule has 0 aliphatic carbocycles. The molecule has 1 aromatic heterocycles. The minimum Gasteiger partial charge on any atom is -0.445 e. The average molecular weight is 326 g/mol. The molecule has 2 aromatic rings. The van der Waals surface area contributed by atoms with Crippen LogP contribution in [-0.2, 0) is 16.0 Å². The Labute approximate surface area is 139 Å². The number of hydrazine groups is 1. The lowest BCUT2D eigenvalue weighted by Gasteiger charge is -2.32. The maximum Gasteiger partial charge on any atom is 0.339 e. The molecule has 1 unspecified atom stereocenters. The molecule has 7 nitrogen and oxygen atoms in total. The SMILES string of the molecule is Cc1cc(C)nc(NNC(=O)C2(C)Cc3ccccc3C(=O)O2)n1. The van der Waals surface area contributed by atoms with Crippen molar-refractivity contribution in [2.24, 2.45) is 0 Å². The maximum absolute atomic E-state index is 12.5. The molecular formula is C17H18N4O3. The van der Waals surface area contributed by atoms with E-state index in [1.165, 1.54) is 0 Å². The van der Waals surface area contributed by atoms with Crippen molar-refractivity contribution in [1.29, 1.82) is 0 Å². The average Bonchev–Trinajstić information content (AvgIpc) is 2.51. The van der Waals surface area contributed by atoms with Crippen molar-refractivity contribution in [1.82, 2.24) is 15.4 Å². The summed E-state index contributed by atoms with van der Waals surface area (Å²) in [6.45, 7) is 5.26. The lowest BCUT2D eigenvalue weighted by molar-refractivity contribution is -0.139. The van der Waals surface area contributed by atoms with E-state index in [9.17, 15) is 9.59 Å². The number of anilines is 1. The Morgan fingerprint density at radius 1 is 1.21 bits per heavy atom. The molecule has 1 atom stereocenters. The number of hydrogen-bond donors (Lipinski definition) is 2. The zero-order valence-electron chi connectivity index (χ0n) is 13.7.